The molecule has 0 bridgehead atoms. The molecular weight excluding hydrogens is 293 g/mol. The number of anilines is 1. The predicted octanol–water partition coefficient (Wildman–Crippen LogP) is 3.44. The van der Waals surface area contributed by atoms with Gasteiger partial charge in [-0.25, -0.2) is 0 Å². The number of carbonyl (C=O) groups is 1. The number of nitrogens with one attached hydrogen (secondary N) is 2. The summed E-state index contributed by atoms with van der Waals surface area (Å²) in [5, 5.41) is 5.01. The van der Waals surface area contributed by atoms with Gasteiger partial charge in [0.05, 0.1) is 6.42 Å². The molecule has 1 amide bonds. The third-order valence-electron chi connectivity index (χ3n) is 3.08. The van der Waals surface area contributed by atoms with E-state index in [4.69, 9.17) is 11.6 Å². The molecule has 0 saturated carbocycles. The molecule has 110 valence electrons. The quantitative estimate of drug-likeness (QED) is 0.894. The fourth-order valence-electron chi connectivity index (χ4n) is 2.18. The summed E-state index contributed by atoms with van der Waals surface area (Å²) in [7, 11) is 0. The van der Waals surface area contributed by atoms with Crippen molar-refractivity contribution in [2.75, 3.05) is 11.9 Å². The normalized spacial score (nSPS) is 15.9. The van der Waals surface area contributed by atoms with Crippen molar-refractivity contribution in [1.82, 2.24) is 5.32 Å². The number of fused-ring (bicyclic) bond motifs is 1. The van der Waals surface area contributed by atoms with Gasteiger partial charge in [0, 0.05) is 10.7 Å². The lowest BCUT2D eigenvalue weighted by atomic mass is 10.0. The van der Waals surface area contributed by atoms with Crippen molar-refractivity contribution < 1.29 is 18.0 Å². The maximum Gasteiger partial charge on any atom is 0.407 e. The Morgan fingerprint density at radius 3 is 2.75 bits per heavy atom. The molecule has 2 rings (SSSR count). The van der Waals surface area contributed by atoms with Crippen LogP contribution in [0.2, 0.25) is 5.02 Å². The maximum absolute atomic E-state index is 13.1. The number of halogens is 4. The van der Waals surface area contributed by atoms with Crippen LogP contribution in [0.1, 0.15) is 30.5 Å². The molecule has 3 nitrogen and oxygen atoms in total. The van der Waals surface area contributed by atoms with Crippen molar-refractivity contribution in [1.29, 1.82) is 0 Å². The molecule has 1 heterocycles. The van der Waals surface area contributed by atoms with E-state index in [0.29, 0.717) is 17.7 Å². The summed E-state index contributed by atoms with van der Waals surface area (Å²) in [6.45, 7) is 2.02. The predicted molar refractivity (Wildman–Crippen MR) is 70.9 cm³/mol. The zero-order valence-corrected chi connectivity index (χ0v) is 11.5. The second-order valence-corrected chi connectivity index (χ2v) is 5.09. The van der Waals surface area contributed by atoms with Crippen molar-refractivity contribution >= 4 is 23.2 Å². The van der Waals surface area contributed by atoms with Crippen LogP contribution in [0.15, 0.2) is 12.1 Å². The van der Waals surface area contributed by atoms with E-state index < -0.39 is 12.2 Å². The van der Waals surface area contributed by atoms with Gasteiger partial charge in [0.2, 0.25) is 5.91 Å². The molecule has 1 aromatic rings. The number of carbonyl (C=O) groups excluding carboxylic acids is 1. The molecule has 0 radical (unpaired) electrons. The highest BCUT2D eigenvalue weighted by Gasteiger charge is 2.42. The van der Waals surface area contributed by atoms with Crippen LogP contribution in [0.4, 0.5) is 18.9 Å². The average molecular weight is 307 g/mol. The zero-order chi connectivity index (χ0) is 14.9. The van der Waals surface area contributed by atoms with Crippen LogP contribution in [-0.4, -0.2) is 18.6 Å². The molecule has 0 saturated heterocycles. The van der Waals surface area contributed by atoms with E-state index in [-0.39, 0.29) is 29.5 Å². The lowest BCUT2D eigenvalue weighted by Crippen LogP contribution is -2.34. The summed E-state index contributed by atoms with van der Waals surface area (Å²) in [6, 6.07) is 0.913. The van der Waals surface area contributed by atoms with Gasteiger partial charge in [0.1, 0.15) is 6.04 Å². The van der Waals surface area contributed by atoms with Crippen LogP contribution in [-0.2, 0) is 11.2 Å². The molecule has 1 aliphatic heterocycles. The standard InChI is InChI=1S/C13H14ClF3N2O/c1-2-3-18-12(13(15,16)17)8-4-7-5-11(20)19-10(7)6-9(8)14/h4,6,12,18H,2-3,5H2,1H3,(H,19,20). The Bertz CT molecular complexity index is 531. The molecular formula is C13H14ClF3N2O. The van der Waals surface area contributed by atoms with E-state index in [9.17, 15) is 18.0 Å². The molecule has 0 spiro atoms. The number of amides is 1. The van der Waals surface area contributed by atoms with Crippen LogP contribution in [0.3, 0.4) is 0 Å². The van der Waals surface area contributed by atoms with Crippen molar-refractivity contribution in [3.8, 4) is 0 Å². The summed E-state index contributed by atoms with van der Waals surface area (Å²) < 4.78 is 39.4. The van der Waals surface area contributed by atoms with Crippen LogP contribution < -0.4 is 10.6 Å². The minimum atomic E-state index is -4.44. The Morgan fingerprint density at radius 2 is 2.15 bits per heavy atom. The summed E-state index contributed by atoms with van der Waals surface area (Å²) >= 11 is 5.94. The number of rotatable bonds is 4. The molecule has 7 heteroatoms. The molecule has 20 heavy (non-hydrogen) atoms. The fourth-order valence-corrected chi connectivity index (χ4v) is 2.45. The largest absolute Gasteiger partial charge is 0.407 e. The highest BCUT2D eigenvalue weighted by atomic mass is 35.5. The van der Waals surface area contributed by atoms with E-state index in [1.54, 1.807) is 6.92 Å². The van der Waals surface area contributed by atoms with Gasteiger partial charge in [-0.05, 0) is 36.2 Å². The molecule has 1 atom stereocenters. The molecule has 1 aromatic carbocycles. The summed E-state index contributed by atoms with van der Waals surface area (Å²) in [6.07, 6.45) is -3.78. The van der Waals surface area contributed by atoms with Gasteiger partial charge in [-0.1, -0.05) is 18.5 Å². The minimum absolute atomic E-state index is 0.00289. The molecule has 2 N–H and O–H groups in total. The van der Waals surface area contributed by atoms with Gasteiger partial charge in [0.25, 0.3) is 0 Å². The SMILES string of the molecule is CCCNC(c1cc2c(cc1Cl)NC(=O)C2)C(F)(F)F. The van der Waals surface area contributed by atoms with Crippen LogP contribution >= 0.6 is 11.6 Å². The van der Waals surface area contributed by atoms with Crippen molar-refractivity contribution in [3.63, 3.8) is 0 Å². The lowest BCUT2D eigenvalue weighted by molar-refractivity contribution is -0.157. The highest BCUT2D eigenvalue weighted by Crippen LogP contribution is 2.39. The fraction of sp³-hybridized carbons (Fsp3) is 0.462. The number of hydrogen-bond acceptors (Lipinski definition) is 2. The maximum atomic E-state index is 13.1. The molecule has 0 aromatic heterocycles. The molecule has 1 aliphatic rings. The Hall–Kier alpha value is -1.27. The average Bonchev–Trinajstić information content (AvgIpc) is 2.67. The monoisotopic (exact) mass is 306 g/mol. The topological polar surface area (TPSA) is 41.1 Å². The Kier molecular flexibility index (Phi) is 4.25. The zero-order valence-electron chi connectivity index (χ0n) is 10.8. The van der Waals surface area contributed by atoms with E-state index in [0.717, 1.165) is 0 Å². The summed E-state index contributed by atoms with van der Waals surface area (Å²) in [5.74, 6) is -0.238. The van der Waals surface area contributed by atoms with E-state index in [2.05, 4.69) is 10.6 Å². The van der Waals surface area contributed by atoms with Gasteiger partial charge in [-0.3, -0.25) is 4.79 Å². The Balaban J connectivity index is 2.39. The van der Waals surface area contributed by atoms with Crippen molar-refractivity contribution in [2.24, 2.45) is 0 Å². The lowest BCUT2D eigenvalue weighted by Gasteiger charge is -2.23. The Labute approximate surface area is 119 Å². The minimum Gasteiger partial charge on any atom is -0.325 e. The smallest absolute Gasteiger partial charge is 0.325 e. The van der Waals surface area contributed by atoms with Crippen LogP contribution in [0, 0.1) is 0 Å². The first-order valence-electron chi connectivity index (χ1n) is 6.25. The third-order valence-corrected chi connectivity index (χ3v) is 3.41. The molecule has 0 fully saturated rings. The second kappa shape index (κ2) is 5.61. The number of hydrogen-bond donors (Lipinski definition) is 2. The first-order chi connectivity index (χ1) is 9.32. The molecule has 0 aliphatic carbocycles. The van der Waals surface area contributed by atoms with Crippen LogP contribution in [0.5, 0.6) is 0 Å². The van der Waals surface area contributed by atoms with Crippen molar-refractivity contribution in [3.05, 3.63) is 28.3 Å². The first-order valence-corrected chi connectivity index (χ1v) is 6.63. The van der Waals surface area contributed by atoms with Gasteiger partial charge in [-0.15, -0.1) is 0 Å². The summed E-state index contributed by atoms with van der Waals surface area (Å²) in [4.78, 5) is 11.3. The van der Waals surface area contributed by atoms with Crippen molar-refractivity contribution in [2.45, 2.75) is 32.0 Å². The van der Waals surface area contributed by atoms with E-state index in [1.807, 2.05) is 0 Å². The van der Waals surface area contributed by atoms with Gasteiger partial charge < -0.3 is 10.6 Å². The first kappa shape index (κ1) is 15.1. The Morgan fingerprint density at radius 1 is 1.45 bits per heavy atom. The number of benzene rings is 1. The molecule has 1 unspecified atom stereocenters. The third kappa shape index (κ3) is 3.07. The summed E-state index contributed by atoms with van der Waals surface area (Å²) in [5.41, 5.74) is 0.991. The second-order valence-electron chi connectivity index (χ2n) is 4.68. The highest BCUT2D eigenvalue weighted by molar-refractivity contribution is 6.32. The van der Waals surface area contributed by atoms with Crippen LogP contribution in [0.25, 0.3) is 0 Å². The van der Waals surface area contributed by atoms with Gasteiger partial charge in [-0.2, -0.15) is 13.2 Å². The van der Waals surface area contributed by atoms with Gasteiger partial charge in [0.15, 0.2) is 0 Å². The number of alkyl halides is 3. The van der Waals surface area contributed by atoms with E-state index >= 15 is 0 Å². The van der Waals surface area contributed by atoms with E-state index in [1.165, 1.54) is 12.1 Å². The van der Waals surface area contributed by atoms with Gasteiger partial charge >= 0.3 is 6.18 Å².